The molecular formula is C7H4F2N2O4. The number of hydrogen-bond acceptors (Lipinski definition) is 4. The summed E-state index contributed by atoms with van der Waals surface area (Å²) >= 11 is 0. The zero-order valence-corrected chi connectivity index (χ0v) is 7.03. The van der Waals surface area contributed by atoms with Crippen molar-refractivity contribution < 1.29 is 23.7 Å². The molecule has 0 unspecified atom stereocenters. The monoisotopic (exact) mass is 218 g/mol. The van der Waals surface area contributed by atoms with Gasteiger partial charge in [0.15, 0.2) is 0 Å². The Kier molecular flexibility index (Phi) is 2.90. The second-order valence-electron chi connectivity index (χ2n) is 2.48. The first-order chi connectivity index (χ1) is 6.97. The van der Waals surface area contributed by atoms with Gasteiger partial charge in [0.25, 0.3) is 5.91 Å². The van der Waals surface area contributed by atoms with Crippen molar-refractivity contribution in [2.24, 2.45) is 0 Å². The van der Waals surface area contributed by atoms with Gasteiger partial charge < -0.3 is 0 Å². The van der Waals surface area contributed by atoms with Gasteiger partial charge in [-0.3, -0.25) is 20.1 Å². The standard InChI is InChI=1S/C7H4F2N2O4/c8-3-1-4(7(12)10-13)6(9)5(2-3)11(14)15/h1-2,13H,(H,10,12). The third-order valence-corrected chi connectivity index (χ3v) is 1.56. The second kappa shape index (κ2) is 3.96. The summed E-state index contributed by atoms with van der Waals surface area (Å²) < 4.78 is 25.9. The topological polar surface area (TPSA) is 92.5 Å². The van der Waals surface area contributed by atoms with E-state index in [1.54, 1.807) is 0 Å². The molecule has 6 nitrogen and oxygen atoms in total. The maximum atomic E-state index is 13.2. The van der Waals surface area contributed by atoms with E-state index in [2.05, 4.69) is 0 Å². The Bertz CT molecular complexity index is 435. The number of nitrogens with zero attached hydrogens (tertiary/aromatic N) is 1. The van der Waals surface area contributed by atoms with Crippen molar-refractivity contribution in [2.45, 2.75) is 0 Å². The molecule has 80 valence electrons. The maximum Gasteiger partial charge on any atom is 0.308 e. The van der Waals surface area contributed by atoms with Crippen molar-refractivity contribution in [1.29, 1.82) is 0 Å². The molecule has 0 aliphatic heterocycles. The second-order valence-corrected chi connectivity index (χ2v) is 2.48. The molecule has 0 fully saturated rings. The van der Waals surface area contributed by atoms with Gasteiger partial charge in [-0.1, -0.05) is 0 Å². The van der Waals surface area contributed by atoms with E-state index >= 15 is 0 Å². The molecule has 0 aliphatic rings. The number of amides is 1. The van der Waals surface area contributed by atoms with Crippen LogP contribution in [-0.4, -0.2) is 16.0 Å². The van der Waals surface area contributed by atoms with Gasteiger partial charge in [0.05, 0.1) is 16.6 Å². The van der Waals surface area contributed by atoms with Crippen LogP contribution >= 0.6 is 0 Å². The summed E-state index contributed by atoms with van der Waals surface area (Å²) in [6.07, 6.45) is 0. The van der Waals surface area contributed by atoms with E-state index in [0.29, 0.717) is 12.1 Å². The minimum Gasteiger partial charge on any atom is -0.288 e. The number of halogens is 2. The fourth-order valence-electron chi connectivity index (χ4n) is 0.933. The lowest BCUT2D eigenvalue weighted by molar-refractivity contribution is -0.387. The molecule has 15 heavy (non-hydrogen) atoms. The molecule has 0 aromatic heterocycles. The molecule has 1 aromatic rings. The highest BCUT2D eigenvalue weighted by Gasteiger charge is 2.23. The van der Waals surface area contributed by atoms with Gasteiger partial charge in [0, 0.05) is 0 Å². The Morgan fingerprint density at radius 3 is 2.53 bits per heavy atom. The average Bonchev–Trinajstić information content (AvgIpc) is 2.19. The Balaban J connectivity index is 3.41. The molecule has 0 atom stereocenters. The molecule has 0 spiro atoms. The van der Waals surface area contributed by atoms with Gasteiger partial charge in [-0.05, 0) is 6.07 Å². The van der Waals surface area contributed by atoms with Crippen molar-refractivity contribution in [1.82, 2.24) is 5.48 Å². The maximum absolute atomic E-state index is 13.2. The van der Waals surface area contributed by atoms with E-state index in [1.807, 2.05) is 0 Å². The van der Waals surface area contributed by atoms with E-state index in [1.165, 1.54) is 0 Å². The van der Waals surface area contributed by atoms with Gasteiger partial charge in [0.1, 0.15) is 5.82 Å². The zero-order chi connectivity index (χ0) is 11.6. The lowest BCUT2D eigenvalue weighted by atomic mass is 10.1. The highest BCUT2D eigenvalue weighted by molar-refractivity contribution is 5.94. The summed E-state index contributed by atoms with van der Waals surface area (Å²) in [5, 5.41) is 18.4. The van der Waals surface area contributed by atoms with E-state index < -0.39 is 33.7 Å². The summed E-state index contributed by atoms with van der Waals surface area (Å²) in [4.78, 5) is 19.8. The summed E-state index contributed by atoms with van der Waals surface area (Å²) in [7, 11) is 0. The number of carbonyl (C=O) groups excluding carboxylic acids is 1. The first kappa shape index (κ1) is 11.0. The SMILES string of the molecule is O=C(NO)c1cc(F)cc([N+](=O)[O-])c1F. The number of hydroxylamine groups is 1. The third-order valence-electron chi connectivity index (χ3n) is 1.56. The number of carbonyl (C=O) groups is 1. The van der Waals surface area contributed by atoms with E-state index in [9.17, 15) is 23.7 Å². The Labute approximate surface area is 81.2 Å². The smallest absolute Gasteiger partial charge is 0.288 e. The largest absolute Gasteiger partial charge is 0.308 e. The van der Waals surface area contributed by atoms with Crippen LogP contribution < -0.4 is 5.48 Å². The Morgan fingerprint density at radius 2 is 2.07 bits per heavy atom. The molecule has 0 aliphatic carbocycles. The van der Waals surface area contributed by atoms with Crippen molar-refractivity contribution in [3.63, 3.8) is 0 Å². The van der Waals surface area contributed by atoms with Crippen molar-refractivity contribution in [3.05, 3.63) is 39.4 Å². The van der Waals surface area contributed by atoms with Crippen LogP contribution in [0, 0.1) is 21.7 Å². The van der Waals surface area contributed by atoms with E-state index in [0.717, 1.165) is 5.48 Å². The van der Waals surface area contributed by atoms with Crippen LogP contribution in [-0.2, 0) is 0 Å². The predicted molar refractivity (Wildman–Crippen MR) is 42.3 cm³/mol. The van der Waals surface area contributed by atoms with E-state index in [-0.39, 0.29) is 0 Å². The van der Waals surface area contributed by atoms with Crippen molar-refractivity contribution >= 4 is 11.6 Å². The number of nitro groups is 1. The molecule has 2 N–H and O–H groups in total. The Morgan fingerprint density at radius 1 is 1.47 bits per heavy atom. The molecule has 0 radical (unpaired) electrons. The fourth-order valence-corrected chi connectivity index (χ4v) is 0.933. The van der Waals surface area contributed by atoms with Crippen molar-refractivity contribution in [2.75, 3.05) is 0 Å². The predicted octanol–water partition coefficient (Wildman–Crippen LogP) is 0.992. The molecule has 1 aromatic carbocycles. The van der Waals surface area contributed by atoms with Crippen LogP contribution in [0.15, 0.2) is 12.1 Å². The van der Waals surface area contributed by atoms with Crippen molar-refractivity contribution in [3.8, 4) is 0 Å². The lowest BCUT2D eigenvalue weighted by Gasteiger charge is -2.01. The normalized spacial score (nSPS) is 9.80. The highest BCUT2D eigenvalue weighted by atomic mass is 19.1. The lowest BCUT2D eigenvalue weighted by Crippen LogP contribution is -2.20. The van der Waals surface area contributed by atoms with Gasteiger partial charge >= 0.3 is 5.69 Å². The summed E-state index contributed by atoms with van der Waals surface area (Å²) in [5.74, 6) is -4.02. The molecule has 0 saturated carbocycles. The summed E-state index contributed by atoms with van der Waals surface area (Å²) in [6, 6.07) is 0.775. The van der Waals surface area contributed by atoms with Crippen LogP contribution in [0.5, 0.6) is 0 Å². The van der Waals surface area contributed by atoms with Crippen LogP contribution in [0.25, 0.3) is 0 Å². The summed E-state index contributed by atoms with van der Waals surface area (Å²) in [5.41, 5.74) is -1.07. The third kappa shape index (κ3) is 2.05. The molecule has 1 amide bonds. The summed E-state index contributed by atoms with van der Waals surface area (Å²) in [6.45, 7) is 0. The fraction of sp³-hybridized carbons (Fsp3) is 0. The number of hydrogen-bond donors (Lipinski definition) is 2. The van der Waals surface area contributed by atoms with Gasteiger partial charge in [0.2, 0.25) is 5.82 Å². The van der Waals surface area contributed by atoms with Gasteiger partial charge in [-0.25, -0.2) is 9.87 Å². The minimum atomic E-state index is -1.51. The molecule has 8 heteroatoms. The average molecular weight is 218 g/mol. The van der Waals surface area contributed by atoms with E-state index in [4.69, 9.17) is 5.21 Å². The first-order valence-corrected chi connectivity index (χ1v) is 3.55. The van der Waals surface area contributed by atoms with Crippen LogP contribution in [0.2, 0.25) is 0 Å². The Hall–Kier alpha value is -2.09. The van der Waals surface area contributed by atoms with Crippen LogP contribution in [0.1, 0.15) is 10.4 Å². The molecule has 0 saturated heterocycles. The number of nitrogens with one attached hydrogen (secondary N) is 1. The molecule has 1 rings (SSSR count). The first-order valence-electron chi connectivity index (χ1n) is 3.55. The molecule has 0 bridgehead atoms. The van der Waals surface area contributed by atoms with Gasteiger partial charge in [-0.15, -0.1) is 0 Å². The minimum absolute atomic E-state index is 0.337. The zero-order valence-electron chi connectivity index (χ0n) is 7.03. The van der Waals surface area contributed by atoms with Gasteiger partial charge in [-0.2, -0.15) is 4.39 Å². The quantitative estimate of drug-likeness (QED) is 0.439. The van der Waals surface area contributed by atoms with Crippen LogP contribution in [0.4, 0.5) is 14.5 Å². The molecule has 0 heterocycles. The number of nitro benzene ring substituents is 1. The number of benzene rings is 1. The number of rotatable bonds is 2. The highest BCUT2D eigenvalue weighted by Crippen LogP contribution is 2.22. The molecular weight excluding hydrogens is 214 g/mol. The van der Waals surface area contributed by atoms with Crippen LogP contribution in [0.3, 0.4) is 0 Å².